The highest BCUT2D eigenvalue weighted by Gasteiger charge is 2.22. The summed E-state index contributed by atoms with van der Waals surface area (Å²) in [5, 5.41) is 8.63. The molecule has 0 bridgehead atoms. The van der Waals surface area contributed by atoms with Crippen molar-refractivity contribution >= 4 is 16.8 Å². The molecule has 1 aromatic heterocycles. The molecule has 1 aliphatic heterocycles. The van der Waals surface area contributed by atoms with E-state index < -0.39 is 0 Å². The normalized spacial score (nSPS) is 16.2. The Labute approximate surface area is 189 Å². The average Bonchev–Trinajstić information content (AvgIpc) is 3.14. The first-order chi connectivity index (χ1) is 15.7. The molecule has 0 aliphatic carbocycles. The number of nitrogens with zero attached hydrogens (tertiary/aromatic N) is 3. The minimum Gasteiger partial charge on any atom is -0.497 e. The molecule has 1 aliphatic rings. The molecule has 0 radical (unpaired) electrons. The summed E-state index contributed by atoms with van der Waals surface area (Å²) in [4.78, 5) is 14.7. The highest BCUT2D eigenvalue weighted by Crippen LogP contribution is 2.29. The first kappa shape index (κ1) is 22.1. The molecule has 2 heterocycles. The molecule has 1 atom stereocenters. The maximum atomic E-state index is 12.4. The number of hydrogen-bond donors (Lipinski definition) is 1. The number of hydrogen-bond acceptors (Lipinski definition) is 5. The van der Waals surface area contributed by atoms with Crippen molar-refractivity contribution in [3.63, 3.8) is 0 Å². The number of carbonyl (C=O) groups is 1. The van der Waals surface area contributed by atoms with E-state index in [1.165, 1.54) is 0 Å². The lowest BCUT2D eigenvalue weighted by atomic mass is 10.1. The summed E-state index contributed by atoms with van der Waals surface area (Å²) in [7, 11) is 1.67. The number of aromatic nitrogens is 2. The molecular formula is C25H32N4O3. The van der Waals surface area contributed by atoms with E-state index in [1.807, 2.05) is 41.2 Å². The van der Waals surface area contributed by atoms with Crippen LogP contribution < -0.4 is 14.8 Å². The minimum absolute atomic E-state index is 0.0828. The Hall–Kier alpha value is -3.06. The van der Waals surface area contributed by atoms with E-state index in [1.54, 1.807) is 7.11 Å². The van der Waals surface area contributed by atoms with E-state index >= 15 is 0 Å². The lowest BCUT2D eigenvalue weighted by molar-refractivity contribution is -0.121. The zero-order valence-electron chi connectivity index (χ0n) is 18.9. The molecule has 1 N–H and O–H groups in total. The Bertz CT molecular complexity index is 1050. The fraction of sp³-hybridized carbons (Fsp3) is 0.440. The van der Waals surface area contributed by atoms with E-state index in [4.69, 9.17) is 9.47 Å². The van der Waals surface area contributed by atoms with E-state index in [0.29, 0.717) is 19.5 Å². The largest absolute Gasteiger partial charge is 0.497 e. The van der Waals surface area contributed by atoms with Gasteiger partial charge in [-0.2, -0.15) is 5.10 Å². The average molecular weight is 437 g/mol. The number of ether oxygens (including phenoxy) is 2. The van der Waals surface area contributed by atoms with Crippen LogP contribution in [0.1, 0.15) is 31.7 Å². The molecule has 1 unspecified atom stereocenters. The van der Waals surface area contributed by atoms with Crippen molar-refractivity contribution in [2.75, 3.05) is 26.7 Å². The molecule has 32 heavy (non-hydrogen) atoms. The van der Waals surface area contributed by atoms with Gasteiger partial charge in [0.25, 0.3) is 0 Å². The Kier molecular flexibility index (Phi) is 7.27. The van der Waals surface area contributed by atoms with Crippen molar-refractivity contribution in [1.82, 2.24) is 20.0 Å². The van der Waals surface area contributed by atoms with Crippen LogP contribution >= 0.6 is 0 Å². The molecule has 0 fully saturated rings. The summed E-state index contributed by atoms with van der Waals surface area (Å²) >= 11 is 0. The summed E-state index contributed by atoms with van der Waals surface area (Å²) < 4.78 is 13.5. The lowest BCUT2D eigenvalue weighted by Crippen LogP contribution is -2.35. The molecule has 7 nitrogen and oxygen atoms in total. The number of nitrogens with one attached hydrogen (secondary N) is 1. The first-order valence-electron chi connectivity index (χ1n) is 11.4. The predicted molar refractivity (Wildman–Crippen MR) is 125 cm³/mol. The molecule has 7 heteroatoms. The van der Waals surface area contributed by atoms with Crippen molar-refractivity contribution in [2.24, 2.45) is 0 Å². The fourth-order valence-electron chi connectivity index (χ4n) is 4.12. The van der Waals surface area contributed by atoms with Gasteiger partial charge in [-0.1, -0.05) is 25.1 Å². The molecular weight excluding hydrogens is 404 g/mol. The second-order valence-electron chi connectivity index (χ2n) is 8.24. The molecule has 2 aromatic carbocycles. The summed E-state index contributed by atoms with van der Waals surface area (Å²) in [5.74, 6) is 1.82. The van der Waals surface area contributed by atoms with Crippen LogP contribution in [0.15, 0.2) is 48.7 Å². The number of rotatable bonds is 9. The van der Waals surface area contributed by atoms with Crippen LogP contribution in [0, 0.1) is 0 Å². The number of carbonyl (C=O) groups excluding carboxylic acids is 1. The number of methoxy groups -OCH3 is 1. The number of aryl methyl sites for hydroxylation is 1. The predicted octanol–water partition coefficient (Wildman–Crippen LogP) is 3.61. The number of amides is 1. The summed E-state index contributed by atoms with van der Waals surface area (Å²) in [5.41, 5.74) is 2.23. The number of benzene rings is 2. The monoisotopic (exact) mass is 436 g/mol. The van der Waals surface area contributed by atoms with Gasteiger partial charge in [-0.25, -0.2) is 0 Å². The van der Waals surface area contributed by atoms with Crippen LogP contribution in [0.2, 0.25) is 0 Å². The molecule has 1 amide bonds. The second-order valence-corrected chi connectivity index (χ2v) is 8.24. The Morgan fingerprint density at radius 2 is 2.12 bits per heavy atom. The van der Waals surface area contributed by atoms with Crippen molar-refractivity contribution in [2.45, 2.75) is 45.4 Å². The van der Waals surface area contributed by atoms with E-state index in [2.05, 4.69) is 34.4 Å². The van der Waals surface area contributed by atoms with Crippen LogP contribution in [-0.2, 0) is 17.9 Å². The van der Waals surface area contributed by atoms with Crippen molar-refractivity contribution in [3.8, 4) is 11.5 Å². The first-order valence-corrected chi connectivity index (χ1v) is 11.4. The zero-order chi connectivity index (χ0) is 22.3. The lowest BCUT2D eigenvalue weighted by Gasteiger charge is -2.22. The van der Waals surface area contributed by atoms with E-state index in [0.717, 1.165) is 60.4 Å². The van der Waals surface area contributed by atoms with Gasteiger partial charge in [0.15, 0.2) is 0 Å². The molecule has 0 saturated carbocycles. The number of para-hydroxylation sites is 1. The molecule has 170 valence electrons. The van der Waals surface area contributed by atoms with Gasteiger partial charge in [-0.3, -0.25) is 14.4 Å². The summed E-state index contributed by atoms with van der Waals surface area (Å²) in [6.07, 6.45) is 4.25. The van der Waals surface area contributed by atoms with Gasteiger partial charge in [-0.05, 0) is 37.1 Å². The quantitative estimate of drug-likeness (QED) is 0.519. The fourth-order valence-corrected chi connectivity index (χ4v) is 4.12. The molecule has 3 aromatic rings. The summed E-state index contributed by atoms with van der Waals surface area (Å²) in [6.45, 7) is 5.83. The highest BCUT2D eigenvalue weighted by molar-refractivity contribution is 5.78. The molecule has 0 saturated heterocycles. The Balaban J connectivity index is 1.24. The Morgan fingerprint density at radius 1 is 1.25 bits per heavy atom. The summed E-state index contributed by atoms with van der Waals surface area (Å²) in [6, 6.07) is 14.1. The van der Waals surface area contributed by atoms with Crippen LogP contribution in [0.3, 0.4) is 0 Å². The maximum absolute atomic E-state index is 12.4. The van der Waals surface area contributed by atoms with Crippen LogP contribution in [-0.4, -0.2) is 53.4 Å². The molecule has 4 rings (SSSR count). The van der Waals surface area contributed by atoms with E-state index in [9.17, 15) is 4.79 Å². The zero-order valence-corrected chi connectivity index (χ0v) is 18.9. The van der Waals surface area contributed by atoms with Gasteiger partial charge in [0, 0.05) is 50.1 Å². The van der Waals surface area contributed by atoms with Gasteiger partial charge in [-0.15, -0.1) is 0 Å². The van der Waals surface area contributed by atoms with Gasteiger partial charge >= 0.3 is 0 Å². The van der Waals surface area contributed by atoms with Gasteiger partial charge in [0.2, 0.25) is 5.91 Å². The van der Waals surface area contributed by atoms with E-state index in [-0.39, 0.29) is 12.0 Å². The topological polar surface area (TPSA) is 68.6 Å². The van der Waals surface area contributed by atoms with Crippen LogP contribution in [0.25, 0.3) is 10.9 Å². The van der Waals surface area contributed by atoms with Crippen LogP contribution in [0.5, 0.6) is 11.5 Å². The van der Waals surface area contributed by atoms with Gasteiger partial charge in [0.1, 0.15) is 17.6 Å². The third-order valence-electron chi connectivity index (χ3n) is 5.95. The third-order valence-corrected chi connectivity index (χ3v) is 5.95. The van der Waals surface area contributed by atoms with Crippen LogP contribution in [0.4, 0.5) is 0 Å². The third kappa shape index (κ3) is 5.40. The molecule has 0 spiro atoms. The van der Waals surface area contributed by atoms with Gasteiger partial charge < -0.3 is 14.8 Å². The second kappa shape index (κ2) is 10.5. The highest BCUT2D eigenvalue weighted by atomic mass is 16.5. The Morgan fingerprint density at radius 3 is 2.97 bits per heavy atom. The standard InChI is InChI=1S/C25H32N4O3/c1-3-21-18-28(17-20-15-22(31-2)9-10-24(20)32-21)14-11-25(30)26-12-6-13-29-23-8-5-4-7-19(23)16-27-29/h4-5,7-10,15-16,21H,3,6,11-14,17-18H2,1-2H3,(H,26,30). The maximum Gasteiger partial charge on any atom is 0.221 e. The van der Waals surface area contributed by atoms with Crippen molar-refractivity contribution in [1.29, 1.82) is 0 Å². The SMILES string of the molecule is CCC1CN(CCC(=O)NCCCn2ncc3ccccc32)Cc2cc(OC)ccc2O1. The number of fused-ring (bicyclic) bond motifs is 2. The minimum atomic E-state index is 0.0828. The van der Waals surface area contributed by atoms with Crippen molar-refractivity contribution in [3.05, 3.63) is 54.2 Å². The van der Waals surface area contributed by atoms with Crippen molar-refractivity contribution < 1.29 is 14.3 Å². The smallest absolute Gasteiger partial charge is 0.221 e. The van der Waals surface area contributed by atoms with Gasteiger partial charge in [0.05, 0.1) is 18.8 Å².